The van der Waals surface area contributed by atoms with Crippen molar-refractivity contribution >= 4 is 35.0 Å². The molecule has 0 aromatic heterocycles. The second-order valence-corrected chi connectivity index (χ2v) is 7.78. The molecule has 128 valence electrons. The first-order chi connectivity index (χ1) is 10.7. The molecule has 1 aromatic carbocycles. The maximum absolute atomic E-state index is 12.2. The van der Waals surface area contributed by atoms with Crippen LogP contribution < -0.4 is 5.32 Å². The van der Waals surface area contributed by atoms with Gasteiger partial charge in [0.1, 0.15) is 5.60 Å². The van der Waals surface area contributed by atoms with E-state index < -0.39 is 5.60 Å². The van der Waals surface area contributed by atoms with Crippen LogP contribution in [0.3, 0.4) is 0 Å². The van der Waals surface area contributed by atoms with Crippen LogP contribution in [-0.4, -0.2) is 36.2 Å². The lowest BCUT2D eigenvalue weighted by molar-refractivity contribution is 0.0172. The molecule has 0 saturated carbocycles. The van der Waals surface area contributed by atoms with Gasteiger partial charge >= 0.3 is 6.09 Å². The first-order valence-corrected chi connectivity index (χ1v) is 8.67. The Morgan fingerprint density at radius 3 is 2.83 bits per heavy atom. The standard InChI is InChI=1S/C17H24Cl2N2O2/c1-17(2,3)23-16(22)21-8-4-5-12(11-21)10-20-15-9-13(18)6-7-14(15)19/h6-7,9,12,20H,4-5,8,10-11H2,1-3H3. The molecule has 23 heavy (non-hydrogen) atoms. The lowest BCUT2D eigenvalue weighted by atomic mass is 9.98. The predicted octanol–water partition coefficient (Wildman–Crippen LogP) is 5.05. The Hall–Kier alpha value is -1.13. The number of hydrogen-bond acceptors (Lipinski definition) is 3. The molecule has 0 bridgehead atoms. The minimum atomic E-state index is -0.462. The van der Waals surface area contributed by atoms with Crippen LogP contribution in [0.4, 0.5) is 10.5 Å². The van der Waals surface area contributed by atoms with E-state index >= 15 is 0 Å². The molecule has 0 spiro atoms. The summed E-state index contributed by atoms with van der Waals surface area (Å²) in [4.78, 5) is 14.0. The Morgan fingerprint density at radius 2 is 2.13 bits per heavy atom. The Morgan fingerprint density at radius 1 is 1.39 bits per heavy atom. The maximum atomic E-state index is 12.2. The van der Waals surface area contributed by atoms with Crippen molar-refractivity contribution in [3.05, 3.63) is 28.2 Å². The lowest BCUT2D eigenvalue weighted by Gasteiger charge is -2.34. The van der Waals surface area contributed by atoms with Crippen molar-refractivity contribution in [3.63, 3.8) is 0 Å². The highest BCUT2D eigenvalue weighted by Gasteiger charge is 2.27. The van der Waals surface area contributed by atoms with E-state index in [9.17, 15) is 4.79 Å². The number of likely N-dealkylation sites (tertiary alicyclic amines) is 1. The summed E-state index contributed by atoms with van der Waals surface area (Å²) in [6.07, 6.45) is 1.82. The highest BCUT2D eigenvalue weighted by molar-refractivity contribution is 6.35. The Kier molecular flexibility index (Phi) is 6.04. The third-order valence-corrected chi connectivity index (χ3v) is 4.24. The van der Waals surface area contributed by atoms with Crippen molar-refractivity contribution in [2.75, 3.05) is 25.0 Å². The number of carbonyl (C=O) groups is 1. The summed E-state index contributed by atoms with van der Waals surface area (Å²) < 4.78 is 5.45. The van der Waals surface area contributed by atoms with Crippen molar-refractivity contribution < 1.29 is 9.53 Å². The van der Waals surface area contributed by atoms with E-state index in [1.54, 1.807) is 17.0 Å². The van der Waals surface area contributed by atoms with Gasteiger partial charge in [-0.3, -0.25) is 0 Å². The average Bonchev–Trinajstić information content (AvgIpc) is 2.47. The monoisotopic (exact) mass is 358 g/mol. The highest BCUT2D eigenvalue weighted by Crippen LogP contribution is 2.26. The molecule has 0 aliphatic carbocycles. The van der Waals surface area contributed by atoms with Crippen molar-refractivity contribution in [3.8, 4) is 0 Å². The van der Waals surface area contributed by atoms with E-state index in [1.165, 1.54) is 0 Å². The highest BCUT2D eigenvalue weighted by atomic mass is 35.5. The van der Waals surface area contributed by atoms with Crippen LogP contribution in [0.2, 0.25) is 10.0 Å². The SMILES string of the molecule is CC(C)(C)OC(=O)N1CCCC(CNc2cc(Cl)ccc2Cl)C1. The number of benzene rings is 1. The van der Waals surface area contributed by atoms with Crippen LogP contribution >= 0.6 is 23.2 Å². The Bertz CT molecular complexity index is 558. The van der Waals surface area contributed by atoms with E-state index in [1.807, 2.05) is 26.8 Å². The molecule has 1 atom stereocenters. The zero-order valence-electron chi connectivity index (χ0n) is 13.9. The molecule has 1 aromatic rings. The molecule has 4 nitrogen and oxygen atoms in total. The summed E-state index contributed by atoms with van der Waals surface area (Å²) in [5, 5.41) is 4.63. The number of rotatable bonds is 3. The molecule has 6 heteroatoms. The summed E-state index contributed by atoms with van der Waals surface area (Å²) in [6.45, 7) is 7.85. The van der Waals surface area contributed by atoms with Crippen LogP contribution in [0.5, 0.6) is 0 Å². The predicted molar refractivity (Wildman–Crippen MR) is 95.5 cm³/mol. The number of nitrogens with one attached hydrogen (secondary N) is 1. The van der Waals surface area contributed by atoms with Gasteiger partial charge in [0.05, 0.1) is 10.7 Å². The van der Waals surface area contributed by atoms with Crippen LogP contribution in [0.25, 0.3) is 0 Å². The normalized spacial score (nSPS) is 18.7. The molecule has 1 aliphatic rings. The topological polar surface area (TPSA) is 41.6 Å². The fraction of sp³-hybridized carbons (Fsp3) is 0.588. The first kappa shape index (κ1) is 18.2. The molecule has 2 rings (SSSR count). The van der Waals surface area contributed by atoms with Crippen molar-refractivity contribution in [1.29, 1.82) is 0 Å². The minimum absolute atomic E-state index is 0.233. The molecule has 1 amide bonds. The number of amides is 1. The van der Waals surface area contributed by atoms with Gasteiger partial charge in [-0.25, -0.2) is 4.79 Å². The third-order valence-electron chi connectivity index (χ3n) is 3.68. The maximum Gasteiger partial charge on any atom is 0.410 e. The van der Waals surface area contributed by atoms with E-state index in [-0.39, 0.29) is 6.09 Å². The van der Waals surface area contributed by atoms with Gasteiger partial charge in [0.15, 0.2) is 0 Å². The van der Waals surface area contributed by atoms with Crippen molar-refractivity contribution in [2.24, 2.45) is 5.92 Å². The summed E-state index contributed by atoms with van der Waals surface area (Å²) in [7, 11) is 0. The number of carbonyl (C=O) groups excluding carboxylic acids is 1. The zero-order chi connectivity index (χ0) is 17.0. The fourth-order valence-electron chi connectivity index (χ4n) is 2.61. The molecule has 1 heterocycles. The zero-order valence-corrected chi connectivity index (χ0v) is 15.4. The molecule has 1 N–H and O–H groups in total. The lowest BCUT2D eigenvalue weighted by Crippen LogP contribution is -2.44. The summed E-state index contributed by atoms with van der Waals surface area (Å²) in [5.41, 5.74) is 0.366. The quantitative estimate of drug-likeness (QED) is 0.821. The second kappa shape index (κ2) is 7.63. The van der Waals surface area contributed by atoms with Gasteiger partial charge in [0.2, 0.25) is 0 Å². The molecular formula is C17H24Cl2N2O2. The van der Waals surface area contributed by atoms with Crippen LogP contribution in [0, 0.1) is 5.92 Å². The van der Waals surface area contributed by atoms with Gasteiger partial charge in [-0.2, -0.15) is 0 Å². The number of halogens is 2. The first-order valence-electron chi connectivity index (χ1n) is 7.91. The number of ether oxygens (including phenoxy) is 1. The summed E-state index contributed by atoms with van der Waals surface area (Å²) in [6, 6.07) is 5.36. The van der Waals surface area contributed by atoms with Crippen LogP contribution in [0.1, 0.15) is 33.6 Å². The number of piperidine rings is 1. The van der Waals surface area contributed by atoms with E-state index in [0.29, 0.717) is 22.5 Å². The molecular weight excluding hydrogens is 335 g/mol. The van der Waals surface area contributed by atoms with Gasteiger partial charge in [-0.1, -0.05) is 23.2 Å². The second-order valence-electron chi connectivity index (χ2n) is 6.94. The van der Waals surface area contributed by atoms with Crippen LogP contribution in [0.15, 0.2) is 18.2 Å². The molecule has 1 unspecified atom stereocenters. The summed E-state index contributed by atoms with van der Waals surface area (Å²) in [5.74, 6) is 0.367. The van der Waals surface area contributed by atoms with E-state index in [0.717, 1.165) is 31.6 Å². The van der Waals surface area contributed by atoms with Gasteiger partial charge in [-0.05, 0) is 57.7 Å². The summed E-state index contributed by atoms with van der Waals surface area (Å²) >= 11 is 12.2. The van der Waals surface area contributed by atoms with Gasteiger partial charge in [0.25, 0.3) is 0 Å². The number of nitrogens with zero attached hydrogens (tertiary/aromatic N) is 1. The Balaban J connectivity index is 1.89. The molecule has 1 saturated heterocycles. The average molecular weight is 359 g/mol. The molecule has 1 fully saturated rings. The number of hydrogen-bond donors (Lipinski definition) is 1. The van der Waals surface area contributed by atoms with E-state index in [2.05, 4.69) is 5.32 Å². The molecule has 0 radical (unpaired) electrons. The van der Waals surface area contributed by atoms with Gasteiger partial charge in [0, 0.05) is 24.7 Å². The Labute approximate surface area is 148 Å². The largest absolute Gasteiger partial charge is 0.444 e. The van der Waals surface area contributed by atoms with Crippen molar-refractivity contribution in [1.82, 2.24) is 4.90 Å². The third kappa shape index (κ3) is 5.78. The van der Waals surface area contributed by atoms with Crippen molar-refractivity contribution in [2.45, 2.75) is 39.2 Å². The van der Waals surface area contributed by atoms with Gasteiger partial charge < -0.3 is 15.0 Å². The fourth-order valence-corrected chi connectivity index (χ4v) is 2.97. The van der Waals surface area contributed by atoms with E-state index in [4.69, 9.17) is 27.9 Å². The molecule has 1 aliphatic heterocycles. The number of anilines is 1. The minimum Gasteiger partial charge on any atom is -0.444 e. The smallest absolute Gasteiger partial charge is 0.410 e. The van der Waals surface area contributed by atoms with Gasteiger partial charge in [-0.15, -0.1) is 0 Å². The van der Waals surface area contributed by atoms with Crippen LogP contribution in [-0.2, 0) is 4.74 Å².